The molecule has 0 unspecified atom stereocenters. The van der Waals surface area contributed by atoms with Crippen molar-refractivity contribution in [2.24, 2.45) is 0 Å². The zero-order chi connectivity index (χ0) is 0. The summed E-state index contributed by atoms with van der Waals surface area (Å²) in [6.45, 7) is 0. The van der Waals surface area contributed by atoms with Crippen molar-refractivity contribution in [3.05, 3.63) is 0 Å². The third kappa shape index (κ3) is 31.3. The molecule has 0 atom stereocenters. The largest absolute Gasteiger partial charge is 0.147 e. The van der Waals surface area contributed by atoms with Gasteiger partial charge in [0.1, 0.15) is 0 Å². The van der Waals surface area contributed by atoms with E-state index in [1.54, 1.807) is 0 Å². The molecule has 0 heterocycles. The molecule has 0 spiro atoms. The Morgan fingerprint density at radius 3 is 0.600 bits per heavy atom. The molecule has 0 aromatic heterocycles. The minimum Gasteiger partial charge on any atom is -0.147 e. The maximum absolute atomic E-state index is 0. The van der Waals surface area contributed by atoms with Crippen molar-refractivity contribution >= 4 is 45.6 Å². The first kappa shape index (κ1) is 92.8. The Balaban J connectivity index is 0. The van der Waals surface area contributed by atoms with Crippen LogP contribution in [0.1, 0.15) is 0 Å². The van der Waals surface area contributed by atoms with E-state index in [2.05, 4.69) is 0 Å². The van der Waals surface area contributed by atoms with Gasteiger partial charge in [0.25, 0.3) is 0 Å². The molecule has 0 aromatic rings. The third-order valence-corrected chi connectivity index (χ3v) is 0. The van der Waals surface area contributed by atoms with Crippen LogP contribution >= 0.6 is 37.2 Å². The predicted molar refractivity (Wildman–Crippen MR) is 27.5 cm³/mol. The predicted octanol–water partition coefficient (Wildman–Crippen LogP) is 0.882. The molecule has 0 nitrogen and oxygen atoms in total. The van der Waals surface area contributed by atoms with Crippen LogP contribution in [0, 0.1) is 0 Å². The fourth-order valence-electron chi connectivity index (χ4n) is 0. The van der Waals surface area contributed by atoms with E-state index < -0.39 is 0 Å². The van der Waals surface area contributed by atoms with Crippen LogP contribution in [0.2, 0.25) is 0 Å². The second-order valence-electron chi connectivity index (χ2n) is 0. The summed E-state index contributed by atoms with van der Waals surface area (Å²) in [6.07, 6.45) is 0. The summed E-state index contributed by atoms with van der Waals surface area (Å²) in [7, 11) is 0. The van der Waals surface area contributed by atoms with Gasteiger partial charge in [-0.15, -0.1) is 37.2 Å². The Hall–Kier alpha value is 1.43. The van der Waals surface area contributed by atoms with Crippen LogP contribution in [0.3, 0.4) is 0 Å². The average molecular weight is 179 g/mol. The van der Waals surface area contributed by atoms with Crippen LogP contribution in [0.4, 0.5) is 0 Å². The standard InChI is InChI=1S/B.3ClH.Ni/h;3*1H;. The summed E-state index contributed by atoms with van der Waals surface area (Å²) in [5.41, 5.74) is 0. The fourth-order valence-corrected chi connectivity index (χ4v) is 0. The van der Waals surface area contributed by atoms with Crippen LogP contribution in [-0.4, -0.2) is 8.41 Å². The van der Waals surface area contributed by atoms with Gasteiger partial charge in [0.2, 0.25) is 0 Å². The smallest absolute Gasteiger partial charge is 0 e. The van der Waals surface area contributed by atoms with E-state index >= 15 is 0 Å². The normalized spacial score (nSPS) is 0. The summed E-state index contributed by atoms with van der Waals surface area (Å²) >= 11 is 0. The molecule has 0 saturated heterocycles. The van der Waals surface area contributed by atoms with Gasteiger partial charge in [0.15, 0.2) is 0 Å². The molecule has 5 heavy (non-hydrogen) atoms. The van der Waals surface area contributed by atoms with Crippen molar-refractivity contribution in [2.75, 3.05) is 0 Å². The van der Waals surface area contributed by atoms with Gasteiger partial charge >= 0.3 is 0 Å². The van der Waals surface area contributed by atoms with E-state index in [4.69, 9.17) is 0 Å². The van der Waals surface area contributed by atoms with Gasteiger partial charge < -0.3 is 0 Å². The summed E-state index contributed by atoms with van der Waals surface area (Å²) in [6, 6.07) is 0. The van der Waals surface area contributed by atoms with Gasteiger partial charge in [-0.1, -0.05) is 0 Å². The molecule has 0 fully saturated rings. The zero-order valence-corrected chi connectivity index (χ0v) is 5.56. The van der Waals surface area contributed by atoms with Crippen molar-refractivity contribution in [3.63, 3.8) is 0 Å². The molecule has 5 heteroatoms. The van der Waals surface area contributed by atoms with Crippen molar-refractivity contribution in [2.45, 2.75) is 0 Å². The minimum atomic E-state index is 0. The second-order valence-corrected chi connectivity index (χ2v) is 0. The topological polar surface area (TPSA) is 0 Å². The average Bonchev–Trinajstić information content (AvgIpc) is 0. The maximum atomic E-state index is 0. The molecule has 0 aromatic carbocycles. The number of hydrogen-bond acceptors (Lipinski definition) is 0. The Labute approximate surface area is 62.2 Å². The van der Waals surface area contributed by atoms with Gasteiger partial charge in [0, 0.05) is 24.9 Å². The monoisotopic (exact) mass is 177 g/mol. The Bertz CT molecular complexity index is 6.85. The van der Waals surface area contributed by atoms with Crippen molar-refractivity contribution in [1.29, 1.82) is 0 Å². The van der Waals surface area contributed by atoms with Crippen molar-refractivity contribution < 1.29 is 16.5 Å². The molecule has 0 aliphatic rings. The van der Waals surface area contributed by atoms with E-state index in [1.165, 1.54) is 0 Å². The molecule has 0 bridgehead atoms. The van der Waals surface area contributed by atoms with E-state index in [-0.39, 0.29) is 62.1 Å². The molecule has 0 aliphatic carbocycles. The quantitative estimate of drug-likeness (QED) is 0.484. The van der Waals surface area contributed by atoms with E-state index in [0.717, 1.165) is 0 Å². The maximum Gasteiger partial charge on any atom is 0 e. The van der Waals surface area contributed by atoms with Gasteiger partial charge in [-0.05, 0) is 0 Å². The second kappa shape index (κ2) is 52.2. The minimum absolute atomic E-state index is 0. The molecule has 0 aliphatic heterocycles. The van der Waals surface area contributed by atoms with Gasteiger partial charge in [0.05, 0.1) is 0 Å². The van der Waals surface area contributed by atoms with Crippen LogP contribution in [0.25, 0.3) is 0 Å². The zero-order valence-electron chi connectivity index (χ0n) is 2.12. The summed E-state index contributed by atoms with van der Waals surface area (Å²) in [5.74, 6) is 0. The number of hydrogen-bond donors (Lipinski definition) is 0. The molecular formula is H3BCl3Ni. The van der Waals surface area contributed by atoms with Crippen LogP contribution in [-0.2, 0) is 16.5 Å². The Kier molecular flexibility index (Phi) is 969. The summed E-state index contributed by atoms with van der Waals surface area (Å²) in [4.78, 5) is 0. The summed E-state index contributed by atoms with van der Waals surface area (Å²) in [5, 5.41) is 0. The Morgan fingerprint density at radius 1 is 0.600 bits per heavy atom. The Morgan fingerprint density at radius 2 is 0.600 bits per heavy atom. The van der Waals surface area contributed by atoms with Gasteiger partial charge in [-0.2, -0.15) is 0 Å². The number of halogens is 3. The SMILES string of the molecule is Cl.Cl.Cl.[B].[Ni]. The van der Waals surface area contributed by atoms with E-state index in [0.29, 0.717) is 0 Å². The van der Waals surface area contributed by atoms with Crippen molar-refractivity contribution in [1.82, 2.24) is 0 Å². The van der Waals surface area contributed by atoms with E-state index in [1.807, 2.05) is 0 Å². The molecule has 0 saturated carbocycles. The van der Waals surface area contributed by atoms with Gasteiger partial charge in [-0.3, -0.25) is 0 Å². The molecule has 0 amide bonds. The van der Waals surface area contributed by atoms with Crippen LogP contribution in [0.15, 0.2) is 0 Å². The number of rotatable bonds is 0. The van der Waals surface area contributed by atoms with Gasteiger partial charge in [-0.25, -0.2) is 0 Å². The first-order chi connectivity index (χ1) is 0. The molecule has 3 radical (unpaired) electrons. The third-order valence-electron chi connectivity index (χ3n) is 0. The van der Waals surface area contributed by atoms with Crippen molar-refractivity contribution in [3.8, 4) is 0 Å². The first-order valence-corrected chi connectivity index (χ1v) is 0. The summed E-state index contributed by atoms with van der Waals surface area (Å²) < 4.78 is 0. The molecule has 0 N–H and O–H groups in total. The van der Waals surface area contributed by atoms with Crippen LogP contribution in [0.5, 0.6) is 0 Å². The van der Waals surface area contributed by atoms with Crippen LogP contribution < -0.4 is 0 Å². The molecule has 37 valence electrons. The molecule has 0 rings (SSSR count). The fraction of sp³-hybridized carbons (Fsp3) is 0. The first-order valence-electron chi connectivity index (χ1n) is 0. The van der Waals surface area contributed by atoms with E-state index in [9.17, 15) is 0 Å². The molecular weight excluding hydrogens is 176 g/mol.